The largest absolute Gasteiger partial charge is 0.220 e. The van der Waals surface area contributed by atoms with Crippen molar-refractivity contribution in [2.45, 2.75) is 12.3 Å². The van der Waals surface area contributed by atoms with Crippen molar-refractivity contribution in [3.05, 3.63) is 40.1 Å². The predicted molar refractivity (Wildman–Crippen MR) is 66.4 cm³/mol. The average molecular weight is 331 g/mol. The monoisotopic (exact) mass is 329 g/mol. The van der Waals surface area contributed by atoms with Gasteiger partial charge in [-0.2, -0.15) is 0 Å². The van der Waals surface area contributed by atoms with Crippen LogP contribution in [0.2, 0.25) is 0 Å². The molecular weight excluding hydrogens is 322 g/mol. The normalized spacial score (nSPS) is 10.6. The summed E-state index contributed by atoms with van der Waals surface area (Å²) in [6.45, 7) is 2.05. The third kappa shape index (κ3) is 2.13. The van der Waals surface area contributed by atoms with Gasteiger partial charge in [0, 0.05) is 9.80 Å². The van der Waals surface area contributed by atoms with E-state index in [2.05, 4.69) is 49.1 Å². The molecule has 0 aliphatic heterocycles. The van der Waals surface area contributed by atoms with Crippen molar-refractivity contribution in [1.82, 2.24) is 15.0 Å². The molecule has 2 rings (SSSR count). The molecule has 0 bridgehead atoms. The first-order chi connectivity index (χ1) is 7.22. The Morgan fingerprint density at radius 1 is 1.40 bits per heavy atom. The lowest BCUT2D eigenvalue weighted by atomic mass is 10.2. The molecule has 0 spiro atoms. The number of alkyl halides is 1. The molecule has 0 amide bonds. The lowest BCUT2D eigenvalue weighted by molar-refractivity contribution is 0.795. The molecule has 1 heterocycles. The van der Waals surface area contributed by atoms with Crippen LogP contribution in [0, 0.1) is 6.92 Å². The summed E-state index contributed by atoms with van der Waals surface area (Å²) in [4.78, 5) is 0. The van der Waals surface area contributed by atoms with Gasteiger partial charge >= 0.3 is 0 Å². The summed E-state index contributed by atoms with van der Waals surface area (Å²) >= 11 is 6.85. The summed E-state index contributed by atoms with van der Waals surface area (Å²) < 4.78 is 2.87. The summed E-state index contributed by atoms with van der Waals surface area (Å²) in [7, 11) is 0. The first-order valence-electron chi connectivity index (χ1n) is 4.45. The molecule has 1 aromatic heterocycles. The van der Waals surface area contributed by atoms with Crippen LogP contribution < -0.4 is 0 Å². The molecule has 0 aliphatic carbocycles. The number of rotatable bonds is 2. The van der Waals surface area contributed by atoms with Crippen molar-refractivity contribution in [2.24, 2.45) is 0 Å². The Bertz CT molecular complexity index is 479. The first-order valence-corrected chi connectivity index (χ1v) is 6.36. The Balaban J connectivity index is 2.49. The van der Waals surface area contributed by atoms with Gasteiger partial charge in [-0.3, -0.25) is 0 Å². The average Bonchev–Trinajstić information content (AvgIpc) is 2.70. The minimum Gasteiger partial charge on any atom is -0.220 e. The maximum Gasteiger partial charge on any atom is 0.0937 e. The Kier molecular flexibility index (Phi) is 3.21. The highest BCUT2D eigenvalue weighted by Gasteiger charge is 2.06. The molecule has 0 fully saturated rings. The third-order valence-electron chi connectivity index (χ3n) is 2.16. The second-order valence-corrected chi connectivity index (χ2v) is 4.59. The quantitative estimate of drug-likeness (QED) is 0.791. The molecule has 78 valence electrons. The van der Waals surface area contributed by atoms with Gasteiger partial charge in [0.2, 0.25) is 0 Å². The minimum absolute atomic E-state index is 0.722. The Hall–Kier alpha value is -0.680. The second kappa shape index (κ2) is 4.45. The summed E-state index contributed by atoms with van der Waals surface area (Å²) in [5.41, 5.74) is 3.13. The van der Waals surface area contributed by atoms with E-state index in [4.69, 9.17) is 0 Å². The molecule has 0 saturated heterocycles. The zero-order valence-corrected chi connectivity index (χ0v) is 11.3. The molecule has 5 heteroatoms. The van der Waals surface area contributed by atoms with Crippen LogP contribution in [-0.4, -0.2) is 15.0 Å². The van der Waals surface area contributed by atoms with E-state index in [9.17, 15) is 0 Å². The minimum atomic E-state index is 0.722. The molecule has 0 aliphatic rings. The van der Waals surface area contributed by atoms with E-state index in [1.54, 1.807) is 4.68 Å². The molecule has 1 aromatic carbocycles. The number of hydrogen-bond donors (Lipinski definition) is 0. The lowest BCUT2D eigenvalue weighted by Gasteiger charge is -2.05. The number of hydrogen-bond acceptors (Lipinski definition) is 2. The second-order valence-electron chi connectivity index (χ2n) is 3.17. The van der Waals surface area contributed by atoms with Gasteiger partial charge in [0.25, 0.3) is 0 Å². The van der Waals surface area contributed by atoms with Gasteiger partial charge in [-0.15, -0.1) is 5.10 Å². The van der Waals surface area contributed by atoms with Crippen molar-refractivity contribution >= 4 is 31.9 Å². The summed E-state index contributed by atoms with van der Waals surface area (Å²) in [5, 5.41) is 8.83. The van der Waals surface area contributed by atoms with E-state index in [0.29, 0.717) is 0 Å². The van der Waals surface area contributed by atoms with Gasteiger partial charge in [-0.05, 0) is 24.6 Å². The summed E-state index contributed by atoms with van der Waals surface area (Å²) in [6.07, 6.45) is 1.92. The number of nitrogens with zero attached hydrogens (tertiary/aromatic N) is 3. The van der Waals surface area contributed by atoms with Gasteiger partial charge in [0.15, 0.2) is 0 Å². The highest BCUT2D eigenvalue weighted by molar-refractivity contribution is 9.10. The topological polar surface area (TPSA) is 30.7 Å². The highest BCUT2D eigenvalue weighted by Crippen LogP contribution is 2.22. The highest BCUT2D eigenvalue weighted by atomic mass is 79.9. The zero-order chi connectivity index (χ0) is 10.8. The van der Waals surface area contributed by atoms with Crippen molar-refractivity contribution < 1.29 is 0 Å². The molecule has 0 atom stereocenters. The van der Waals surface area contributed by atoms with Gasteiger partial charge in [0.1, 0.15) is 0 Å². The molecular formula is C10H9Br2N3. The third-order valence-corrected chi connectivity index (χ3v) is 3.60. The molecule has 0 N–H and O–H groups in total. The van der Waals surface area contributed by atoms with Crippen LogP contribution in [0.1, 0.15) is 11.3 Å². The summed E-state index contributed by atoms with van der Waals surface area (Å²) in [6, 6.07) is 6.02. The first kappa shape index (κ1) is 10.8. The fraction of sp³-hybridized carbons (Fsp3) is 0.200. The van der Waals surface area contributed by atoms with Crippen LogP contribution in [0.25, 0.3) is 5.69 Å². The fourth-order valence-corrected chi connectivity index (χ4v) is 1.93. The molecule has 0 saturated carbocycles. The van der Waals surface area contributed by atoms with Crippen molar-refractivity contribution in [3.8, 4) is 5.69 Å². The van der Waals surface area contributed by atoms with Crippen molar-refractivity contribution in [1.29, 1.82) is 0 Å². The van der Waals surface area contributed by atoms with Gasteiger partial charge < -0.3 is 0 Å². The Morgan fingerprint density at radius 3 is 2.87 bits per heavy atom. The van der Waals surface area contributed by atoms with Gasteiger partial charge in [-0.25, -0.2) is 4.68 Å². The van der Waals surface area contributed by atoms with Crippen LogP contribution in [0.4, 0.5) is 0 Å². The van der Waals surface area contributed by atoms with E-state index in [0.717, 1.165) is 26.7 Å². The maximum atomic E-state index is 4.08. The molecule has 0 radical (unpaired) electrons. The summed E-state index contributed by atoms with van der Waals surface area (Å²) in [5.74, 6) is 0. The number of aromatic nitrogens is 3. The molecule has 0 unspecified atom stereocenters. The standard InChI is InChI=1S/C10H9Br2N3/c1-7-9(12)3-2-4-10(7)15-6-8(5-11)13-14-15/h2-4,6H,5H2,1H3. The smallest absolute Gasteiger partial charge is 0.0937 e. The van der Waals surface area contributed by atoms with Gasteiger partial charge in [-0.1, -0.05) is 43.1 Å². The van der Waals surface area contributed by atoms with Crippen LogP contribution in [0.3, 0.4) is 0 Å². The maximum absolute atomic E-state index is 4.08. The molecule has 15 heavy (non-hydrogen) atoms. The van der Waals surface area contributed by atoms with E-state index < -0.39 is 0 Å². The number of benzene rings is 1. The van der Waals surface area contributed by atoms with E-state index in [1.807, 2.05) is 24.4 Å². The lowest BCUT2D eigenvalue weighted by Crippen LogP contribution is -1.98. The van der Waals surface area contributed by atoms with Crippen LogP contribution in [0.5, 0.6) is 0 Å². The molecule has 3 nitrogen and oxygen atoms in total. The van der Waals surface area contributed by atoms with Crippen LogP contribution in [-0.2, 0) is 5.33 Å². The Morgan fingerprint density at radius 2 is 2.20 bits per heavy atom. The van der Waals surface area contributed by atoms with Crippen molar-refractivity contribution in [3.63, 3.8) is 0 Å². The van der Waals surface area contributed by atoms with E-state index in [-0.39, 0.29) is 0 Å². The SMILES string of the molecule is Cc1c(Br)cccc1-n1cc(CBr)nn1. The van der Waals surface area contributed by atoms with Crippen LogP contribution >= 0.6 is 31.9 Å². The van der Waals surface area contributed by atoms with Crippen LogP contribution in [0.15, 0.2) is 28.9 Å². The predicted octanol–water partition coefficient (Wildman–Crippen LogP) is 3.23. The molecule has 2 aromatic rings. The van der Waals surface area contributed by atoms with E-state index in [1.165, 1.54) is 0 Å². The Labute approximate surface area is 105 Å². The van der Waals surface area contributed by atoms with Crippen molar-refractivity contribution in [2.75, 3.05) is 0 Å². The number of halogens is 2. The van der Waals surface area contributed by atoms with E-state index >= 15 is 0 Å². The fourth-order valence-electron chi connectivity index (χ4n) is 1.32. The van der Waals surface area contributed by atoms with Gasteiger partial charge in [0.05, 0.1) is 17.6 Å². The zero-order valence-electron chi connectivity index (χ0n) is 8.11.